The Balaban J connectivity index is 2.21. The fourth-order valence-corrected chi connectivity index (χ4v) is 18.1. The molecule has 2 heterocycles. The first-order valence-corrected chi connectivity index (χ1v) is 36.8. The van der Waals surface area contributed by atoms with Crippen LogP contribution in [-0.4, -0.2) is 50.0 Å². The first-order valence-electron chi connectivity index (χ1n) is 15.2. The summed E-state index contributed by atoms with van der Waals surface area (Å²) in [6.45, 7) is 10.9. The van der Waals surface area contributed by atoms with Gasteiger partial charge in [-0.1, -0.05) is 0 Å². The van der Waals surface area contributed by atoms with Gasteiger partial charge in [0, 0.05) is 0 Å². The first kappa shape index (κ1) is 32.8. The number of hydrogen-bond donors (Lipinski definition) is 0. The first-order chi connectivity index (χ1) is 17.9. The fraction of sp³-hybridized carbons (Fsp3) is 0.688. The number of ether oxygens (including phenoxy) is 2. The molecule has 6 heteroatoms. The van der Waals surface area contributed by atoms with Crippen LogP contribution in [0.5, 0.6) is 11.5 Å². The summed E-state index contributed by atoms with van der Waals surface area (Å²) in [6, 6.07) is 5.03. The van der Waals surface area contributed by atoms with Crippen LogP contribution in [0.4, 0.5) is 0 Å². The van der Waals surface area contributed by atoms with Crippen LogP contribution in [0, 0.1) is 11.8 Å². The number of thiophene rings is 2. The maximum atomic E-state index is 6.92. The van der Waals surface area contributed by atoms with Crippen molar-refractivity contribution in [2.24, 2.45) is 11.8 Å². The number of rotatable bonds is 16. The Kier molecular flexibility index (Phi) is 12.5. The van der Waals surface area contributed by atoms with Gasteiger partial charge in [-0.05, 0) is 0 Å². The third-order valence-corrected chi connectivity index (χ3v) is 28.7. The van der Waals surface area contributed by atoms with Crippen molar-refractivity contribution >= 4 is 85.4 Å². The van der Waals surface area contributed by atoms with E-state index in [0.29, 0.717) is 11.8 Å². The van der Waals surface area contributed by atoms with Gasteiger partial charge in [0.05, 0.1) is 0 Å². The maximum absolute atomic E-state index is 6.92. The van der Waals surface area contributed by atoms with Gasteiger partial charge in [0.15, 0.2) is 0 Å². The van der Waals surface area contributed by atoms with Gasteiger partial charge in [0.2, 0.25) is 0 Å². The third-order valence-electron chi connectivity index (χ3n) is 7.56. The number of benzene rings is 1. The summed E-state index contributed by atoms with van der Waals surface area (Å²) in [5, 5.41) is 2.65. The standard InChI is InChI=1S/C26H36O2S2.6CH3.2Sn/c1-5-9-19(10-6-2)17-27-23-21-13-15-30-26(21)24(22-14-16-29-25(22)23)28-18-20(11-7-3)12-8-4;;;;;;;;/h13-14,19-20H,5-12,17-18H2,1-4H3;6*1H3;;. The third kappa shape index (κ3) is 8.21. The average molecular weight is 772 g/mol. The van der Waals surface area contributed by atoms with Crippen LogP contribution in [0.1, 0.15) is 79.1 Å². The average Bonchev–Trinajstić information content (AvgIpc) is 3.47. The molecule has 0 unspecified atom stereocenters. The Morgan fingerprint density at radius 2 is 0.895 bits per heavy atom. The second-order valence-electron chi connectivity index (χ2n) is 13.4. The molecule has 0 fully saturated rings. The van der Waals surface area contributed by atoms with Crippen LogP contribution >= 0.6 is 22.7 Å². The molecule has 2 nitrogen and oxygen atoms in total. The molecule has 214 valence electrons. The van der Waals surface area contributed by atoms with Gasteiger partial charge in [-0.15, -0.1) is 0 Å². The van der Waals surface area contributed by atoms with E-state index >= 15 is 0 Å². The van der Waals surface area contributed by atoms with Crippen LogP contribution in [0.3, 0.4) is 0 Å². The van der Waals surface area contributed by atoms with Gasteiger partial charge in [0.1, 0.15) is 0 Å². The van der Waals surface area contributed by atoms with Crippen molar-refractivity contribution in [3.05, 3.63) is 12.1 Å². The van der Waals surface area contributed by atoms with E-state index in [1.165, 1.54) is 71.5 Å². The predicted molar refractivity (Wildman–Crippen MR) is 181 cm³/mol. The molecule has 0 spiro atoms. The summed E-state index contributed by atoms with van der Waals surface area (Å²) < 4.78 is 19.8. The SMILES string of the molecule is CCCC(CCC)COc1c2c[c]([Sn]([CH3])([CH3])[CH3])sc2c(OCC(CCC)CCC)c2c[c]([Sn]([CH3])([CH3])[CH3])sc12. The van der Waals surface area contributed by atoms with Crippen LogP contribution in [-0.2, 0) is 0 Å². The van der Waals surface area contributed by atoms with Gasteiger partial charge in [0.25, 0.3) is 0 Å². The number of fused-ring (bicyclic) bond motifs is 2. The second kappa shape index (κ2) is 14.5. The number of hydrogen-bond acceptors (Lipinski definition) is 4. The second-order valence-corrected chi connectivity index (χ2v) is 46.3. The fourth-order valence-electron chi connectivity index (χ4n) is 5.38. The topological polar surface area (TPSA) is 18.5 Å². The zero-order valence-electron chi connectivity index (χ0n) is 26.0. The van der Waals surface area contributed by atoms with Crippen molar-refractivity contribution in [2.75, 3.05) is 13.2 Å². The molecule has 0 aliphatic heterocycles. The molecule has 1 aromatic carbocycles. The molecular formula is C32H54O2S2Sn2. The van der Waals surface area contributed by atoms with Crippen molar-refractivity contribution < 1.29 is 9.47 Å². The summed E-state index contributed by atoms with van der Waals surface area (Å²) in [5.41, 5.74) is 0. The summed E-state index contributed by atoms with van der Waals surface area (Å²) >= 11 is -0.526. The van der Waals surface area contributed by atoms with E-state index in [2.05, 4.69) is 69.5 Å². The molecule has 0 bridgehead atoms. The zero-order valence-corrected chi connectivity index (χ0v) is 33.4. The van der Waals surface area contributed by atoms with Crippen LogP contribution in [0.2, 0.25) is 29.6 Å². The van der Waals surface area contributed by atoms with Crippen molar-refractivity contribution in [1.82, 2.24) is 0 Å². The van der Waals surface area contributed by atoms with Crippen molar-refractivity contribution in [1.29, 1.82) is 0 Å². The molecule has 0 aliphatic carbocycles. The predicted octanol–water partition coefficient (Wildman–Crippen LogP) is 10.4. The Morgan fingerprint density at radius 1 is 0.579 bits per heavy atom. The Labute approximate surface area is 250 Å². The van der Waals surface area contributed by atoms with Crippen molar-refractivity contribution in [3.8, 4) is 11.5 Å². The molecule has 0 saturated carbocycles. The normalized spacial score (nSPS) is 12.9. The van der Waals surface area contributed by atoms with Crippen molar-refractivity contribution in [3.63, 3.8) is 0 Å². The van der Waals surface area contributed by atoms with E-state index < -0.39 is 36.8 Å². The minimum absolute atomic E-state index is 0.635. The van der Waals surface area contributed by atoms with Gasteiger partial charge >= 0.3 is 252 Å². The molecule has 0 radical (unpaired) electrons. The van der Waals surface area contributed by atoms with E-state index in [4.69, 9.17) is 9.47 Å². The summed E-state index contributed by atoms with van der Waals surface area (Å²) in [5.74, 6) is 3.58. The molecule has 38 heavy (non-hydrogen) atoms. The van der Waals surface area contributed by atoms with Crippen LogP contribution in [0.15, 0.2) is 12.1 Å². The molecule has 0 aliphatic rings. The van der Waals surface area contributed by atoms with Crippen molar-refractivity contribution in [2.45, 2.75) is 109 Å². The van der Waals surface area contributed by atoms with Crippen LogP contribution in [0.25, 0.3) is 20.2 Å². The van der Waals surface area contributed by atoms with Gasteiger partial charge in [-0.2, -0.15) is 0 Å². The van der Waals surface area contributed by atoms with E-state index in [1.807, 2.05) is 22.7 Å². The monoisotopic (exact) mass is 774 g/mol. The molecule has 3 rings (SSSR count). The van der Waals surface area contributed by atoms with E-state index in [1.54, 1.807) is 5.79 Å². The quantitative estimate of drug-likeness (QED) is 0.135. The van der Waals surface area contributed by atoms with E-state index in [-0.39, 0.29) is 0 Å². The molecule has 0 amide bonds. The molecule has 3 aromatic rings. The molecule has 0 N–H and O–H groups in total. The Morgan fingerprint density at radius 3 is 1.16 bits per heavy atom. The summed E-state index contributed by atoms with van der Waals surface area (Å²) in [7, 11) is 0. The summed E-state index contributed by atoms with van der Waals surface area (Å²) in [4.78, 5) is 15.2. The molecule has 0 saturated heterocycles. The zero-order chi connectivity index (χ0) is 28.1. The van der Waals surface area contributed by atoms with Gasteiger partial charge in [-0.3, -0.25) is 0 Å². The van der Waals surface area contributed by atoms with Gasteiger partial charge in [-0.25, -0.2) is 0 Å². The molecular weight excluding hydrogens is 718 g/mol. The Hall–Kier alpha value is 0.337. The summed E-state index contributed by atoms with van der Waals surface area (Å²) in [6.07, 6.45) is 9.91. The van der Waals surface area contributed by atoms with Crippen LogP contribution < -0.4 is 15.3 Å². The molecule has 0 atom stereocenters. The Bertz CT molecular complexity index is 1010. The van der Waals surface area contributed by atoms with E-state index in [0.717, 1.165) is 24.7 Å². The minimum atomic E-state index is -2.28. The van der Waals surface area contributed by atoms with Gasteiger partial charge < -0.3 is 0 Å². The van der Waals surface area contributed by atoms with E-state index in [9.17, 15) is 0 Å². The molecule has 2 aromatic heterocycles.